The molecule has 1 aromatic carbocycles. The van der Waals surface area contributed by atoms with E-state index in [0.29, 0.717) is 5.69 Å². The third kappa shape index (κ3) is 4.16. The molecule has 1 rings (SSSR count). The van der Waals surface area contributed by atoms with Gasteiger partial charge in [0, 0.05) is 19.2 Å². The van der Waals surface area contributed by atoms with Crippen LogP contribution in [0.3, 0.4) is 0 Å². The van der Waals surface area contributed by atoms with E-state index >= 15 is 0 Å². The van der Waals surface area contributed by atoms with Crippen LogP contribution in [0.1, 0.15) is 0 Å². The van der Waals surface area contributed by atoms with E-state index in [4.69, 9.17) is 0 Å². The molecule has 0 spiro atoms. The van der Waals surface area contributed by atoms with E-state index in [9.17, 15) is 14.9 Å². The first kappa shape index (κ1) is 13.6. The van der Waals surface area contributed by atoms with Crippen LogP contribution in [0.5, 0.6) is 0 Å². The topological polar surface area (TPSA) is 97.4 Å². The number of nitro benzene ring substituents is 1. The zero-order valence-electron chi connectivity index (χ0n) is 9.94. The number of hydrogen-bond donors (Lipinski definition) is 0. The highest BCUT2D eigenvalue weighted by Crippen LogP contribution is 2.18. The van der Waals surface area contributed by atoms with Gasteiger partial charge >= 0.3 is 5.97 Å². The molecule has 0 amide bonds. The maximum Gasteiger partial charge on any atom is 0.327 e. The third-order valence-electron chi connectivity index (χ3n) is 1.96. The molecule has 0 bridgehead atoms. The summed E-state index contributed by atoms with van der Waals surface area (Å²) in [5.74, 6) is -0.430. The minimum atomic E-state index is -0.496. The van der Waals surface area contributed by atoms with E-state index in [1.807, 2.05) is 0 Å². The number of carbonyl (C=O) groups is 1. The summed E-state index contributed by atoms with van der Waals surface area (Å²) >= 11 is 0. The largest absolute Gasteiger partial charge is 0.468 e. The smallest absolute Gasteiger partial charge is 0.327 e. The number of non-ortho nitro benzene ring substituents is 1. The van der Waals surface area contributed by atoms with Crippen LogP contribution in [0.15, 0.2) is 34.6 Å². The van der Waals surface area contributed by atoms with Crippen molar-refractivity contribution in [3.05, 3.63) is 34.4 Å². The molecule has 0 aliphatic carbocycles. The second kappa shape index (κ2) is 6.28. The highest BCUT2D eigenvalue weighted by molar-refractivity contribution is 5.71. The summed E-state index contributed by atoms with van der Waals surface area (Å²) in [6, 6.07) is 5.59. The molecular weight excluding hydrogens is 240 g/mol. The Hall–Kier alpha value is -2.51. The van der Waals surface area contributed by atoms with Crippen LogP contribution in [-0.4, -0.2) is 36.6 Å². The van der Waals surface area contributed by atoms with Crippen molar-refractivity contribution >= 4 is 17.3 Å². The van der Waals surface area contributed by atoms with Crippen molar-refractivity contribution in [2.75, 3.05) is 20.7 Å². The molecule has 8 nitrogen and oxygen atoms in total. The van der Waals surface area contributed by atoms with Gasteiger partial charge in [0.05, 0.1) is 17.7 Å². The molecule has 0 saturated carbocycles. The molecule has 8 heteroatoms. The molecule has 18 heavy (non-hydrogen) atoms. The minimum Gasteiger partial charge on any atom is -0.468 e. The van der Waals surface area contributed by atoms with Crippen molar-refractivity contribution in [2.24, 2.45) is 10.3 Å². The van der Waals surface area contributed by atoms with Gasteiger partial charge in [-0.25, -0.2) is 0 Å². The lowest BCUT2D eigenvalue weighted by Gasteiger charge is -2.08. The first-order chi connectivity index (χ1) is 8.52. The van der Waals surface area contributed by atoms with Gasteiger partial charge in [-0.3, -0.25) is 19.9 Å². The molecule has 0 fully saturated rings. The summed E-state index contributed by atoms with van der Waals surface area (Å²) in [6.45, 7) is -0.0209. The van der Waals surface area contributed by atoms with Gasteiger partial charge in [-0.05, 0) is 12.1 Å². The maximum absolute atomic E-state index is 10.9. The fraction of sp³-hybridized carbons (Fsp3) is 0.300. The Labute approximate surface area is 103 Å². The summed E-state index contributed by atoms with van der Waals surface area (Å²) in [4.78, 5) is 20.8. The van der Waals surface area contributed by atoms with E-state index in [-0.39, 0.29) is 12.2 Å². The Balaban J connectivity index is 2.61. The number of ether oxygens (including phenoxy) is 1. The van der Waals surface area contributed by atoms with Crippen LogP contribution in [0.4, 0.5) is 11.4 Å². The van der Waals surface area contributed by atoms with Crippen molar-refractivity contribution in [2.45, 2.75) is 0 Å². The monoisotopic (exact) mass is 252 g/mol. The van der Waals surface area contributed by atoms with Gasteiger partial charge in [-0.2, -0.15) is 0 Å². The van der Waals surface area contributed by atoms with Crippen molar-refractivity contribution in [3.63, 3.8) is 0 Å². The summed E-state index contributed by atoms with van der Waals surface area (Å²) in [5.41, 5.74) is 0.439. The first-order valence-electron chi connectivity index (χ1n) is 4.97. The molecule has 1 aromatic rings. The van der Waals surface area contributed by atoms with Gasteiger partial charge in [0.1, 0.15) is 6.54 Å². The van der Waals surface area contributed by atoms with Crippen molar-refractivity contribution in [3.8, 4) is 0 Å². The molecule has 0 aromatic heterocycles. The van der Waals surface area contributed by atoms with Crippen LogP contribution < -0.4 is 0 Å². The zero-order valence-corrected chi connectivity index (χ0v) is 9.94. The molecule has 96 valence electrons. The predicted octanol–water partition coefficient (Wildman–Crippen LogP) is 1.70. The van der Waals surface area contributed by atoms with Crippen LogP contribution in [0.2, 0.25) is 0 Å². The van der Waals surface area contributed by atoms with Crippen LogP contribution in [0, 0.1) is 10.1 Å². The number of nitrogens with zero attached hydrogens (tertiary/aromatic N) is 4. The quantitative estimate of drug-likeness (QED) is 0.344. The molecule has 0 radical (unpaired) electrons. The van der Waals surface area contributed by atoms with Gasteiger partial charge in [0.25, 0.3) is 5.69 Å². The molecule has 0 heterocycles. The number of likely N-dealkylation sites (N-methyl/N-ethyl adjacent to an activating group) is 1. The van der Waals surface area contributed by atoms with Crippen molar-refractivity contribution in [1.82, 2.24) is 5.01 Å². The number of rotatable bonds is 5. The number of carbonyl (C=O) groups excluding carboxylic acids is 1. The molecule has 0 aliphatic rings. The number of hydrogen-bond acceptors (Lipinski definition) is 6. The molecule has 0 saturated heterocycles. The van der Waals surface area contributed by atoms with Gasteiger partial charge in [-0.1, -0.05) is 5.22 Å². The van der Waals surface area contributed by atoms with Crippen LogP contribution in [0.25, 0.3) is 0 Å². The Morgan fingerprint density at radius 1 is 1.44 bits per heavy atom. The first-order valence-corrected chi connectivity index (χ1v) is 4.97. The lowest BCUT2D eigenvalue weighted by atomic mass is 10.3. The van der Waals surface area contributed by atoms with Gasteiger partial charge in [-0.15, -0.1) is 5.11 Å². The van der Waals surface area contributed by atoms with E-state index in [2.05, 4.69) is 15.1 Å². The Morgan fingerprint density at radius 2 is 2.06 bits per heavy atom. The number of esters is 1. The normalized spacial score (nSPS) is 10.3. The number of methoxy groups -OCH3 is 1. The molecule has 0 unspecified atom stereocenters. The lowest BCUT2D eigenvalue weighted by Crippen LogP contribution is -2.21. The molecule has 0 aliphatic heterocycles. The minimum absolute atomic E-state index is 0.0168. The Morgan fingerprint density at radius 3 is 2.56 bits per heavy atom. The van der Waals surface area contributed by atoms with Gasteiger partial charge in [0.15, 0.2) is 0 Å². The Kier molecular flexibility index (Phi) is 4.73. The fourth-order valence-electron chi connectivity index (χ4n) is 1.05. The second-order valence-corrected chi connectivity index (χ2v) is 3.35. The summed E-state index contributed by atoms with van der Waals surface area (Å²) in [7, 11) is 2.84. The molecule has 0 atom stereocenters. The molecule has 0 N–H and O–H groups in total. The second-order valence-electron chi connectivity index (χ2n) is 3.35. The molecular formula is C10H12N4O4. The lowest BCUT2D eigenvalue weighted by molar-refractivity contribution is -0.384. The average Bonchev–Trinajstić information content (AvgIpc) is 2.36. The standard InChI is InChI=1S/C10H12N4O4/c1-13(7-10(15)18-2)12-11-8-3-5-9(6-4-8)14(16)17/h3-6H,7H2,1-2H3/b12-11+. The van der Waals surface area contributed by atoms with Crippen molar-refractivity contribution in [1.29, 1.82) is 0 Å². The van der Waals surface area contributed by atoms with E-state index in [1.165, 1.54) is 36.4 Å². The highest BCUT2D eigenvalue weighted by Gasteiger charge is 2.05. The van der Waals surface area contributed by atoms with Crippen LogP contribution >= 0.6 is 0 Å². The van der Waals surface area contributed by atoms with E-state index in [0.717, 1.165) is 0 Å². The third-order valence-corrected chi connectivity index (χ3v) is 1.96. The van der Waals surface area contributed by atoms with Gasteiger partial charge in [0.2, 0.25) is 0 Å². The Bertz CT molecular complexity index is 457. The summed E-state index contributed by atoms with van der Waals surface area (Å²) in [6.07, 6.45) is 0. The predicted molar refractivity (Wildman–Crippen MR) is 62.3 cm³/mol. The van der Waals surface area contributed by atoms with Gasteiger partial charge < -0.3 is 4.74 Å². The SMILES string of the molecule is COC(=O)CN(C)/N=N/c1ccc([N+](=O)[O-])cc1. The zero-order chi connectivity index (χ0) is 13.5. The van der Waals surface area contributed by atoms with E-state index in [1.54, 1.807) is 7.05 Å². The summed E-state index contributed by atoms with van der Waals surface area (Å²) in [5, 5.41) is 19.3. The fourth-order valence-corrected chi connectivity index (χ4v) is 1.05. The maximum atomic E-state index is 10.9. The van der Waals surface area contributed by atoms with Crippen LogP contribution in [-0.2, 0) is 9.53 Å². The highest BCUT2D eigenvalue weighted by atomic mass is 16.6. The summed E-state index contributed by atoms with van der Waals surface area (Å²) < 4.78 is 4.46. The average molecular weight is 252 g/mol. The number of benzene rings is 1. The van der Waals surface area contributed by atoms with E-state index < -0.39 is 10.9 Å². The number of nitro groups is 1. The van der Waals surface area contributed by atoms with Crippen molar-refractivity contribution < 1.29 is 14.5 Å².